The average Bonchev–Trinajstić information content (AvgIpc) is 2.51. The molecule has 1 aliphatic rings. The fourth-order valence-electron chi connectivity index (χ4n) is 3.05. The second kappa shape index (κ2) is 12.5. The van der Waals surface area contributed by atoms with Crippen LogP contribution in [0.15, 0.2) is 0 Å². The normalized spacial score (nSPS) is 19.8. The highest BCUT2D eigenvalue weighted by Gasteiger charge is 2.09. The minimum absolute atomic E-state index is 1.11. The quantitative estimate of drug-likeness (QED) is 0.347. The van der Waals surface area contributed by atoms with Gasteiger partial charge in [-0.25, -0.2) is 0 Å². The van der Waals surface area contributed by atoms with Crippen molar-refractivity contribution in [1.82, 2.24) is 0 Å². The summed E-state index contributed by atoms with van der Waals surface area (Å²) < 4.78 is 0. The summed E-state index contributed by atoms with van der Waals surface area (Å²) in [6, 6.07) is 0. The van der Waals surface area contributed by atoms with Crippen LogP contribution in [0, 0.1) is 0 Å². The summed E-state index contributed by atoms with van der Waals surface area (Å²) in [5.74, 6) is 0. The van der Waals surface area contributed by atoms with E-state index in [1.807, 2.05) is 0 Å². The topological polar surface area (TPSA) is 0 Å². The maximum atomic E-state index is 2.30. The van der Waals surface area contributed by atoms with Crippen molar-refractivity contribution in [2.45, 2.75) is 102 Å². The Bertz CT molecular complexity index is 157. The molecule has 0 aromatic rings. The van der Waals surface area contributed by atoms with Crippen molar-refractivity contribution in [2.24, 2.45) is 0 Å². The van der Waals surface area contributed by atoms with Gasteiger partial charge in [-0.15, -0.1) is 8.58 Å². The first-order chi connectivity index (χ1) is 8.93. The van der Waals surface area contributed by atoms with Gasteiger partial charge in [0.25, 0.3) is 0 Å². The van der Waals surface area contributed by atoms with Crippen molar-refractivity contribution in [3.63, 3.8) is 0 Å². The van der Waals surface area contributed by atoms with Gasteiger partial charge < -0.3 is 0 Å². The van der Waals surface area contributed by atoms with Gasteiger partial charge >= 0.3 is 0 Å². The van der Waals surface area contributed by atoms with Crippen LogP contribution in [0.5, 0.6) is 0 Å². The second-order valence-electron chi connectivity index (χ2n) is 6.12. The largest absolute Gasteiger partial charge is 0.119 e. The van der Waals surface area contributed by atoms with E-state index in [0.717, 1.165) is 5.66 Å². The summed E-state index contributed by atoms with van der Waals surface area (Å²) in [7, 11) is 1.28. The average molecular weight is 270 g/mol. The standard InChI is InChI=1S/C17H35P/c1-2-3-4-5-10-13-16-18-17-14-11-8-6-7-9-12-15-17/h17-18H,2-16H2,1H3. The van der Waals surface area contributed by atoms with Gasteiger partial charge in [0, 0.05) is 0 Å². The molecule has 1 rings (SSSR count). The van der Waals surface area contributed by atoms with Crippen molar-refractivity contribution in [1.29, 1.82) is 0 Å². The lowest BCUT2D eigenvalue weighted by Crippen LogP contribution is -2.01. The molecule has 1 unspecified atom stereocenters. The van der Waals surface area contributed by atoms with E-state index in [1.54, 1.807) is 12.8 Å². The first-order valence-electron chi connectivity index (χ1n) is 8.67. The van der Waals surface area contributed by atoms with Crippen LogP contribution in [0.2, 0.25) is 0 Å². The van der Waals surface area contributed by atoms with Crippen molar-refractivity contribution in [3.8, 4) is 0 Å². The van der Waals surface area contributed by atoms with Crippen LogP contribution in [0.1, 0.15) is 96.8 Å². The maximum absolute atomic E-state index is 2.30. The van der Waals surface area contributed by atoms with Crippen LogP contribution < -0.4 is 0 Å². The van der Waals surface area contributed by atoms with E-state index in [0.29, 0.717) is 0 Å². The van der Waals surface area contributed by atoms with Crippen LogP contribution in [0.3, 0.4) is 0 Å². The third-order valence-corrected chi connectivity index (χ3v) is 6.12. The molecular formula is C17H35P. The molecule has 0 bridgehead atoms. The third-order valence-electron chi connectivity index (χ3n) is 4.32. The molecular weight excluding hydrogens is 235 g/mol. The predicted molar refractivity (Wildman–Crippen MR) is 87.3 cm³/mol. The summed E-state index contributed by atoms with van der Waals surface area (Å²) in [4.78, 5) is 0. The smallest absolute Gasteiger partial charge is 0.0237 e. The van der Waals surface area contributed by atoms with Gasteiger partial charge in [0.1, 0.15) is 0 Å². The Morgan fingerprint density at radius 1 is 0.722 bits per heavy atom. The molecule has 108 valence electrons. The van der Waals surface area contributed by atoms with E-state index in [4.69, 9.17) is 0 Å². The molecule has 0 spiro atoms. The zero-order valence-electron chi connectivity index (χ0n) is 12.7. The summed E-state index contributed by atoms with van der Waals surface area (Å²) in [6.07, 6.45) is 22.5. The van der Waals surface area contributed by atoms with Gasteiger partial charge in [-0.1, -0.05) is 77.6 Å². The third kappa shape index (κ3) is 9.37. The molecule has 0 aromatic carbocycles. The highest BCUT2D eigenvalue weighted by Crippen LogP contribution is 2.31. The van der Waals surface area contributed by atoms with E-state index in [-0.39, 0.29) is 0 Å². The van der Waals surface area contributed by atoms with Crippen LogP contribution in [-0.2, 0) is 0 Å². The number of hydrogen-bond donors (Lipinski definition) is 0. The molecule has 1 saturated carbocycles. The molecule has 1 aliphatic carbocycles. The fraction of sp³-hybridized carbons (Fsp3) is 1.00. The van der Waals surface area contributed by atoms with Crippen LogP contribution in [0.25, 0.3) is 0 Å². The molecule has 0 amide bonds. The Morgan fingerprint density at radius 3 is 1.94 bits per heavy atom. The summed E-state index contributed by atoms with van der Waals surface area (Å²) in [6.45, 7) is 2.30. The molecule has 0 nitrogen and oxygen atoms in total. The first kappa shape index (κ1) is 16.5. The lowest BCUT2D eigenvalue weighted by molar-refractivity contribution is 0.619. The summed E-state index contributed by atoms with van der Waals surface area (Å²) in [5, 5.41) is 0. The highest BCUT2D eigenvalue weighted by molar-refractivity contribution is 7.38. The molecule has 0 aromatic heterocycles. The van der Waals surface area contributed by atoms with E-state index < -0.39 is 0 Å². The monoisotopic (exact) mass is 270 g/mol. The van der Waals surface area contributed by atoms with E-state index >= 15 is 0 Å². The van der Waals surface area contributed by atoms with E-state index in [1.165, 1.54) is 91.8 Å². The zero-order chi connectivity index (χ0) is 12.9. The Morgan fingerprint density at radius 2 is 1.28 bits per heavy atom. The molecule has 18 heavy (non-hydrogen) atoms. The van der Waals surface area contributed by atoms with E-state index in [9.17, 15) is 0 Å². The van der Waals surface area contributed by atoms with Crippen LogP contribution in [-0.4, -0.2) is 11.8 Å². The zero-order valence-corrected chi connectivity index (χ0v) is 13.7. The Kier molecular flexibility index (Phi) is 11.4. The van der Waals surface area contributed by atoms with Crippen molar-refractivity contribution < 1.29 is 0 Å². The van der Waals surface area contributed by atoms with Gasteiger partial charge in [0.05, 0.1) is 0 Å². The minimum atomic E-state index is 1.11. The Hall–Kier alpha value is 0.430. The Balaban J connectivity index is 1.95. The summed E-state index contributed by atoms with van der Waals surface area (Å²) in [5.41, 5.74) is 1.11. The molecule has 0 aliphatic heterocycles. The second-order valence-corrected chi connectivity index (χ2v) is 7.84. The van der Waals surface area contributed by atoms with Crippen molar-refractivity contribution >= 4 is 8.58 Å². The van der Waals surface area contributed by atoms with Gasteiger partial charge in [-0.3, -0.25) is 0 Å². The Labute approximate surface area is 117 Å². The molecule has 1 fully saturated rings. The highest BCUT2D eigenvalue weighted by atomic mass is 31.1. The fourth-order valence-corrected chi connectivity index (χ4v) is 4.73. The van der Waals surface area contributed by atoms with E-state index in [2.05, 4.69) is 6.92 Å². The maximum Gasteiger partial charge on any atom is -0.0237 e. The van der Waals surface area contributed by atoms with Crippen LogP contribution in [0.4, 0.5) is 0 Å². The minimum Gasteiger partial charge on any atom is -0.119 e. The number of unbranched alkanes of at least 4 members (excludes halogenated alkanes) is 5. The van der Waals surface area contributed by atoms with Gasteiger partial charge in [0.2, 0.25) is 0 Å². The molecule has 0 saturated heterocycles. The molecule has 0 heterocycles. The molecule has 1 atom stereocenters. The number of rotatable bonds is 8. The lowest BCUT2D eigenvalue weighted by Gasteiger charge is -2.15. The van der Waals surface area contributed by atoms with Gasteiger partial charge in [-0.05, 0) is 31.1 Å². The predicted octanol–water partition coefficient (Wildman–Crippen LogP) is 6.53. The van der Waals surface area contributed by atoms with Crippen molar-refractivity contribution in [2.75, 3.05) is 6.16 Å². The SMILES string of the molecule is CCCCCCCCPC1CCCCCCCC1. The molecule has 0 radical (unpaired) electrons. The number of hydrogen-bond acceptors (Lipinski definition) is 0. The molecule has 0 N–H and O–H groups in total. The first-order valence-corrected chi connectivity index (χ1v) is 9.95. The van der Waals surface area contributed by atoms with Gasteiger partial charge in [-0.2, -0.15) is 0 Å². The van der Waals surface area contributed by atoms with Crippen LogP contribution >= 0.6 is 8.58 Å². The van der Waals surface area contributed by atoms with Gasteiger partial charge in [0.15, 0.2) is 0 Å². The molecule has 1 heteroatoms. The summed E-state index contributed by atoms with van der Waals surface area (Å²) >= 11 is 0. The van der Waals surface area contributed by atoms with Crippen molar-refractivity contribution in [3.05, 3.63) is 0 Å². The lowest BCUT2D eigenvalue weighted by atomic mass is 10.1.